The van der Waals surface area contributed by atoms with Crippen LogP contribution in [-0.4, -0.2) is 30.1 Å². The first-order chi connectivity index (χ1) is 11.7. The van der Waals surface area contributed by atoms with Crippen molar-refractivity contribution in [2.75, 3.05) is 13.1 Å². The minimum Gasteiger partial charge on any atom is -0.357 e. The summed E-state index contributed by atoms with van der Waals surface area (Å²) in [5.74, 6) is 1.53. The van der Waals surface area contributed by atoms with E-state index in [9.17, 15) is 0 Å². The second kappa shape index (κ2) is 7.79. The van der Waals surface area contributed by atoms with Gasteiger partial charge in [0, 0.05) is 36.9 Å². The summed E-state index contributed by atoms with van der Waals surface area (Å²) in [6, 6.07) is 9.17. The highest BCUT2D eigenvalue weighted by molar-refractivity contribution is 7.09. The third-order valence-corrected chi connectivity index (χ3v) is 5.17. The Morgan fingerprint density at radius 3 is 2.88 bits per heavy atom. The first-order valence-corrected chi connectivity index (χ1v) is 9.56. The van der Waals surface area contributed by atoms with E-state index in [1.165, 1.54) is 17.5 Å². The summed E-state index contributed by atoms with van der Waals surface area (Å²) in [6.45, 7) is 7.98. The smallest absolute Gasteiger partial charge is 0.191 e. The molecule has 2 aromatic rings. The lowest BCUT2D eigenvalue weighted by Gasteiger charge is -2.12. The van der Waals surface area contributed by atoms with Crippen molar-refractivity contribution < 1.29 is 0 Å². The molecular formula is C19H26N4S. The number of hydrogen-bond donors (Lipinski definition) is 2. The molecule has 0 radical (unpaired) electrons. The zero-order valence-corrected chi connectivity index (χ0v) is 15.5. The average Bonchev–Trinajstić information content (AvgIpc) is 3.19. The number of benzene rings is 1. The molecule has 24 heavy (non-hydrogen) atoms. The quantitative estimate of drug-likeness (QED) is 0.625. The van der Waals surface area contributed by atoms with E-state index >= 15 is 0 Å². The van der Waals surface area contributed by atoms with Gasteiger partial charge < -0.3 is 10.6 Å². The van der Waals surface area contributed by atoms with Crippen LogP contribution in [0.15, 0.2) is 34.6 Å². The molecule has 1 aliphatic rings. The van der Waals surface area contributed by atoms with Crippen LogP contribution in [0.4, 0.5) is 0 Å². The van der Waals surface area contributed by atoms with Crippen LogP contribution in [0.25, 0.3) is 0 Å². The van der Waals surface area contributed by atoms with Gasteiger partial charge in [-0.15, -0.1) is 11.3 Å². The molecule has 1 aromatic carbocycles. The van der Waals surface area contributed by atoms with Crippen molar-refractivity contribution in [3.63, 3.8) is 0 Å². The summed E-state index contributed by atoms with van der Waals surface area (Å²) >= 11 is 1.70. The van der Waals surface area contributed by atoms with E-state index in [1.807, 2.05) is 6.92 Å². The molecule has 1 aromatic heterocycles. The van der Waals surface area contributed by atoms with Gasteiger partial charge in [-0.1, -0.05) is 24.3 Å². The molecule has 2 unspecified atom stereocenters. The van der Waals surface area contributed by atoms with Crippen molar-refractivity contribution in [2.45, 2.75) is 45.6 Å². The fourth-order valence-electron chi connectivity index (χ4n) is 3.00. The van der Waals surface area contributed by atoms with Gasteiger partial charge in [0.1, 0.15) is 0 Å². The summed E-state index contributed by atoms with van der Waals surface area (Å²) in [7, 11) is 0. The topological polar surface area (TPSA) is 49.3 Å². The molecule has 0 aliphatic heterocycles. The van der Waals surface area contributed by atoms with Crippen molar-refractivity contribution in [1.29, 1.82) is 0 Å². The molecular weight excluding hydrogens is 316 g/mol. The SMILES string of the molecule is CCNC(=NCCc1csc(C)n1)NC1CC1c1ccccc1C. The van der Waals surface area contributed by atoms with Crippen molar-refractivity contribution in [1.82, 2.24) is 15.6 Å². The highest BCUT2D eigenvalue weighted by Crippen LogP contribution is 2.41. The predicted octanol–water partition coefficient (Wildman–Crippen LogP) is 3.41. The Hall–Kier alpha value is -1.88. The summed E-state index contributed by atoms with van der Waals surface area (Å²) in [4.78, 5) is 9.20. The van der Waals surface area contributed by atoms with Crippen molar-refractivity contribution in [3.05, 3.63) is 51.5 Å². The van der Waals surface area contributed by atoms with Crippen molar-refractivity contribution >= 4 is 17.3 Å². The van der Waals surface area contributed by atoms with Gasteiger partial charge in [0.2, 0.25) is 0 Å². The molecule has 0 saturated heterocycles. The highest BCUT2D eigenvalue weighted by Gasteiger charge is 2.39. The van der Waals surface area contributed by atoms with E-state index in [0.29, 0.717) is 12.0 Å². The van der Waals surface area contributed by atoms with E-state index in [4.69, 9.17) is 4.99 Å². The summed E-state index contributed by atoms with van der Waals surface area (Å²) in [6.07, 6.45) is 2.08. The fourth-order valence-corrected chi connectivity index (χ4v) is 3.65. The van der Waals surface area contributed by atoms with Crippen LogP contribution < -0.4 is 10.6 Å². The Morgan fingerprint density at radius 1 is 1.33 bits per heavy atom. The van der Waals surface area contributed by atoms with Gasteiger partial charge in [0.15, 0.2) is 5.96 Å². The minimum absolute atomic E-state index is 0.491. The molecule has 4 nitrogen and oxygen atoms in total. The summed E-state index contributed by atoms with van der Waals surface area (Å²) in [5, 5.41) is 10.2. The third-order valence-electron chi connectivity index (χ3n) is 4.35. The molecule has 3 rings (SSSR count). The second-order valence-electron chi connectivity index (χ2n) is 6.32. The number of rotatable bonds is 6. The Bertz CT molecular complexity index is 707. The van der Waals surface area contributed by atoms with E-state index in [2.05, 4.69) is 59.1 Å². The average molecular weight is 343 g/mol. The van der Waals surface area contributed by atoms with E-state index < -0.39 is 0 Å². The molecule has 0 bridgehead atoms. The van der Waals surface area contributed by atoms with E-state index in [1.54, 1.807) is 11.3 Å². The Labute approximate surface area is 148 Å². The maximum atomic E-state index is 4.71. The number of nitrogens with zero attached hydrogens (tertiary/aromatic N) is 2. The van der Waals surface area contributed by atoms with Crippen LogP contribution in [0.5, 0.6) is 0 Å². The first-order valence-electron chi connectivity index (χ1n) is 8.68. The number of hydrogen-bond acceptors (Lipinski definition) is 3. The monoisotopic (exact) mass is 342 g/mol. The molecule has 128 valence electrons. The maximum Gasteiger partial charge on any atom is 0.191 e. The molecule has 2 N–H and O–H groups in total. The standard InChI is InChI=1S/C19H26N4S/c1-4-20-19(21-10-9-15-12-24-14(3)22-15)23-18-11-17(18)16-8-6-5-7-13(16)2/h5-8,12,17-18H,4,9-11H2,1-3H3,(H2,20,21,23). The number of guanidine groups is 1. The summed E-state index contributed by atoms with van der Waals surface area (Å²) in [5.41, 5.74) is 3.98. The van der Waals surface area contributed by atoms with Crippen LogP contribution in [0.3, 0.4) is 0 Å². The summed E-state index contributed by atoms with van der Waals surface area (Å²) < 4.78 is 0. The molecule has 0 amide bonds. The molecule has 1 fully saturated rings. The van der Waals surface area contributed by atoms with Crippen LogP contribution in [-0.2, 0) is 6.42 Å². The largest absolute Gasteiger partial charge is 0.357 e. The minimum atomic E-state index is 0.491. The maximum absolute atomic E-state index is 4.71. The van der Waals surface area contributed by atoms with Gasteiger partial charge in [0.05, 0.1) is 10.7 Å². The number of aliphatic imine (C=N–C) groups is 1. The van der Waals surface area contributed by atoms with Crippen LogP contribution in [0.2, 0.25) is 0 Å². The number of aryl methyl sites for hydroxylation is 2. The lowest BCUT2D eigenvalue weighted by Crippen LogP contribution is -2.39. The molecule has 1 heterocycles. The Kier molecular flexibility index (Phi) is 5.51. The molecule has 1 aliphatic carbocycles. The van der Waals surface area contributed by atoms with E-state index in [0.717, 1.165) is 36.2 Å². The van der Waals surface area contributed by atoms with Gasteiger partial charge in [-0.3, -0.25) is 4.99 Å². The number of nitrogens with one attached hydrogen (secondary N) is 2. The van der Waals surface area contributed by atoms with E-state index in [-0.39, 0.29) is 0 Å². The Morgan fingerprint density at radius 2 is 2.17 bits per heavy atom. The second-order valence-corrected chi connectivity index (χ2v) is 7.38. The van der Waals surface area contributed by atoms with Gasteiger partial charge >= 0.3 is 0 Å². The third kappa shape index (κ3) is 4.35. The van der Waals surface area contributed by atoms with Gasteiger partial charge in [-0.2, -0.15) is 0 Å². The lowest BCUT2D eigenvalue weighted by atomic mass is 10.0. The zero-order valence-electron chi connectivity index (χ0n) is 14.7. The number of thiazole rings is 1. The molecule has 1 saturated carbocycles. The fraction of sp³-hybridized carbons (Fsp3) is 0.474. The molecule has 0 spiro atoms. The zero-order chi connectivity index (χ0) is 16.9. The van der Waals surface area contributed by atoms with Gasteiger partial charge in [0.25, 0.3) is 0 Å². The highest BCUT2D eigenvalue weighted by atomic mass is 32.1. The predicted molar refractivity (Wildman–Crippen MR) is 102 cm³/mol. The van der Waals surface area contributed by atoms with Crippen LogP contribution in [0, 0.1) is 13.8 Å². The van der Waals surface area contributed by atoms with Crippen molar-refractivity contribution in [2.24, 2.45) is 4.99 Å². The number of aromatic nitrogens is 1. The first kappa shape index (κ1) is 17.0. The molecule has 2 atom stereocenters. The lowest BCUT2D eigenvalue weighted by molar-refractivity contribution is 0.789. The van der Waals surface area contributed by atoms with Crippen LogP contribution >= 0.6 is 11.3 Å². The van der Waals surface area contributed by atoms with Gasteiger partial charge in [-0.25, -0.2) is 4.98 Å². The van der Waals surface area contributed by atoms with Crippen molar-refractivity contribution in [3.8, 4) is 0 Å². The van der Waals surface area contributed by atoms with Gasteiger partial charge in [-0.05, 0) is 38.3 Å². The Balaban J connectivity index is 1.55. The molecule has 5 heteroatoms. The van der Waals surface area contributed by atoms with Crippen LogP contribution in [0.1, 0.15) is 41.1 Å². The normalized spacial score (nSPS) is 20.0.